The van der Waals surface area contributed by atoms with Crippen molar-refractivity contribution in [3.63, 3.8) is 0 Å². The van der Waals surface area contributed by atoms with Gasteiger partial charge in [0.1, 0.15) is 5.75 Å². The molecule has 154 valence electrons. The van der Waals surface area contributed by atoms with Gasteiger partial charge in [0.2, 0.25) is 0 Å². The lowest BCUT2D eigenvalue weighted by molar-refractivity contribution is -0.385. The number of hydrogen-bond donors (Lipinski definition) is 1. The Labute approximate surface area is 168 Å². The van der Waals surface area contributed by atoms with Crippen LogP contribution in [0.3, 0.4) is 0 Å². The van der Waals surface area contributed by atoms with Gasteiger partial charge in [0.05, 0.1) is 18.1 Å². The summed E-state index contributed by atoms with van der Waals surface area (Å²) in [4.78, 5) is 22.9. The third kappa shape index (κ3) is 5.60. The molecule has 0 saturated carbocycles. The maximum atomic E-state index is 11.0. The highest BCUT2D eigenvalue weighted by Gasteiger charge is 2.23. The van der Waals surface area contributed by atoms with Crippen LogP contribution in [0.25, 0.3) is 0 Å². The summed E-state index contributed by atoms with van der Waals surface area (Å²) in [6.07, 6.45) is 1.41. The Hall–Kier alpha value is -3.29. The van der Waals surface area contributed by atoms with E-state index in [0.29, 0.717) is 38.6 Å². The molecule has 2 aromatic carbocycles. The normalized spacial score (nSPS) is 14.4. The molecule has 0 atom stereocenters. The first-order valence-electron chi connectivity index (χ1n) is 9.61. The fraction of sp³-hybridized carbons (Fsp3) is 0.381. The van der Waals surface area contributed by atoms with Crippen molar-refractivity contribution in [1.29, 1.82) is 0 Å². The number of hydrogen-bond acceptors (Lipinski definition) is 5. The quantitative estimate of drug-likeness (QED) is 0.403. The number of nitro groups is 1. The average molecular weight is 400 g/mol. The third-order valence-electron chi connectivity index (χ3n) is 4.99. The molecule has 1 heterocycles. The minimum absolute atomic E-state index is 0.0433. The van der Waals surface area contributed by atoms with E-state index < -0.39 is 11.0 Å². The summed E-state index contributed by atoms with van der Waals surface area (Å²) in [5.74, 6) is 1.38. The molecule has 1 N–H and O–H groups in total. The summed E-state index contributed by atoms with van der Waals surface area (Å²) < 4.78 is 11.2. The molecule has 3 rings (SSSR count). The number of ether oxygens (including phenoxy) is 2. The van der Waals surface area contributed by atoms with E-state index in [1.807, 2.05) is 24.3 Å². The smallest absolute Gasteiger partial charge is 0.407 e. The summed E-state index contributed by atoms with van der Waals surface area (Å²) in [5, 5.41) is 20.0. The molecule has 0 radical (unpaired) electrons. The van der Waals surface area contributed by atoms with Crippen molar-refractivity contribution in [3.05, 3.63) is 64.2 Å². The Morgan fingerprint density at radius 2 is 1.72 bits per heavy atom. The summed E-state index contributed by atoms with van der Waals surface area (Å²) in [6.45, 7) is 1.90. The molecule has 1 aliphatic heterocycles. The van der Waals surface area contributed by atoms with Crippen LogP contribution in [0.15, 0.2) is 48.5 Å². The van der Waals surface area contributed by atoms with Gasteiger partial charge >= 0.3 is 11.8 Å². The predicted octanol–water partition coefficient (Wildman–Crippen LogP) is 4.30. The average Bonchev–Trinajstić information content (AvgIpc) is 2.74. The maximum Gasteiger partial charge on any atom is 0.407 e. The zero-order valence-corrected chi connectivity index (χ0v) is 16.0. The van der Waals surface area contributed by atoms with E-state index in [1.165, 1.54) is 16.5 Å². The third-order valence-corrected chi connectivity index (χ3v) is 4.99. The van der Waals surface area contributed by atoms with Crippen molar-refractivity contribution in [1.82, 2.24) is 4.90 Å². The maximum absolute atomic E-state index is 11.0. The first kappa shape index (κ1) is 20.4. The first-order valence-corrected chi connectivity index (χ1v) is 9.61. The van der Waals surface area contributed by atoms with E-state index in [2.05, 4.69) is 0 Å². The molecule has 0 unspecified atom stereocenters. The summed E-state index contributed by atoms with van der Waals surface area (Å²) in [7, 11) is 0. The SMILES string of the molecule is O=C(O)N1CCC(c2ccc(OCCCOc3ccccc3[N+](=O)[O-])cc2)CC1. The molecule has 8 nitrogen and oxygen atoms in total. The number of rotatable bonds is 8. The number of likely N-dealkylation sites (tertiary alicyclic amines) is 1. The standard InChI is InChI=1S/C21H24N2O6/c24-21(25)22-12-10-17(11-13-22)16-6-8-18(9-7-16)28-14-3-15-29-20-5-2-1-4-19(20)23(26)27/h1-2,4-9,17H,3,10-15H2,(H,24,25). The molecular formula is C21H24N2O6. The number of nitro benzene ring substituents is 1. The van der Waals surface area contributed by atoms with Gasteiger partial charge in [-0.2, -0.15) is 0 Å². The van der Waals surface area contributed by atoms with Crippen molar-refractivity contribution in [2.75, 3.05) is 26.3 Å². The van der Waals surface area contributed by atoms with Crippen LogP contribution in [0.5, 0.6) is 11.5 Å². The molecule has 1 aliphatic rings. The van der Waals surface area contributed by atoms with Gasteiger partial charge in [0, 0.05) is 25.6 Å². The van der Waals surface area contributed by atoms with Crippen LogP contribution in [-0.2, 0) is 0 Å². The minimum atomic E-state index is -0.849. The Morgan fingerprint density at radius 1 is 1.07 bits per heavy atom. The number of carboxylic acid groups (broad SMARTS) is 1. The van der Waals surface area contributed by atoms with E-state index in [9.17, 15) is 14.9 Å². The van der Waals surface area contributed by atoms with Crippen molar-refractivity contribution in [2.45, 2.75) is 25.2 Å². The molecule has 29 heavy (non-hydrogen) atoms. The topological polar surface area (TPSA) is 102 Å². The molecule has 1 saturated heterocycles. The lowest BCUT2D eigenvalue weighted by Gasteiger charge is -2.30. The van der Waals surface area contributed by atoms with Crippen LogP contribution in [0, 0.1) is 10.1 Å². The minimum Gasteiger partial charge on any atom is -0.493 e. The zero-order valence-electron chi connectivity index (χ0n) is 16.0. The van der Waals surface area contributed by atoms with Crippen LogP contribution < -0.4 is 9.47 Å². The molecule has 0 aliphatic carbocycles. The van der Waals surface area contributed by atoms with Gasteiger partial charge in [-0.15, -0.1) is 0 Å². The monoisotopic (exact) mass is 400 g/mol. The van der Waals surface area contributed by atoms with Crippen molar-refractivity contribution in [2.24, 2.45) is 0 Å². The molecular weight excluding hydrogens is 376 g/mol. The Kier molecular flexibility index (Phi) is 6.89. The van der Waals surface area contributed by atoms with Gasteiger partial charge < -0.3 is 19.5 Å². The van der Waals surface area contributed by atoms with Gasteiger partial charge in [-0.1, -0.05) is 24.3 Å². The highest BCUT2D eigenvalue weighted by Crippen LogP contribution is 2.29. The van der Waals surface area contributed by atoms with Crippen molar-refractivity contribution < 1.29 is 24.3 Å². The van der Waals surface area contributed by atoms with Crippen LogP contribution in [-0.4, -0.2) is 47.3 Å². The zero-order chi connectivity index (χ0) is 20.6. The summed E-state index contributed by atoms with van der Waals surface area (Å²) >= 11 is 0. The van der Waals surface area contributed by atoms with Crippen LogP contribution >= 0.6 is 0 Å². The molecule has 1 amide bonds. The fourth-order valence-corrected chi connectivity index (χ4v) is 3.40. The highest BCUT2D eigenvalue weighted by atomic mass is 16.6. The van der Waals surface area contributed by atoms with E-state index in [-0.39, 0.29) is 11.4 Å². The second-order valence-electron chi connectivity index (χ2n) is 6.89. The van der Waals surface area contributed by atoms with E-state index in [4.69, 9.17) is 14.6 Å². The molecule has 0 spiro atoms. The number of nitrogens with zero attached hydrogens (tertiary/aromatic N) is 2. The van der Waals surface area contributed by atoms with Crippen molar-refractivity contribution >= 4 is 11.8 Å². The lowest BCUT2D eigenvalue weighted by atomic mass is 9.89. The predicted molar refractivity (Wildman–Crippen MR) is 107 cm³/mol. The molecule has 8 heteroatoms. The fourth-order valence-electron chi connectivity index (χ4n) is 3.40. The van der Waals surface area contributed by atoms with E-state index >= 15 is 0 Å². The number of piperidine rings is 1. The van der Waals surface area contributed by atoms with Gasteiger partial charge in [-0.05, 0) is 42.5 Å². The second-order valence-corrected chi connectivity index (χ2v) is 6.89. The number of carbonyl (C=O) groups is 1. The van der Waals surface area contributed by atoms with Crippen LogP contribution in [0.1, 0.15) is 30.7 Å². The Morgan fingerprint density at radius 3 is 2.38 bits per heavy atom. The van der Waals surface area contributed by atoms with Crippen LogP contribution in [0.2, 0.25) is 0 Å². The Balaban J connectivity index is 1.40. The second kappa shape index (κ2) is 9.77. The first-order chi connectivity index (χ1) is 14.0. The summed E-state index contributed by atoms with van der Waals surface area (Å²) in [5.41, 5.74) is 1.15. The van der Waals surface area contributed by atoms with Gasteiger partial charge in [-0.3, -0.25) is 10.1 Å². The van der Waals surface area contributed by atoms with E-state index in [0.717, 1.165) is 18.6 Å². The lowest BCUT2D eigenvalue weighted by Crippen LogP contribution is -2.36. The molecule has 1 fully saturated rings. The summed E-state index contributed by atoms with van der Waals surface area (Å²) in [6, 6.07) is 14.2. The number of para-hydroxylation sites is 2. The molecule has 0 bridgehead atoms. The molecule has 2 aromatic rings. The largest absolute Gasteiger partial charge is 0.493 e. The van der Waals surface area contributed by atoms with Crippen molar-refractivity contribution in [3.8, 4) is 11.5 Å². The number of amides is 1. The van der Waals surface area contributed by atoms with E-state index in [1.54, 1.807) is 18.2 Å². The Bertz CT molecular complexity index is 831. The van der Waals surface area contributed by atoms with Gasteiger partial charge in [-0.25, -0.2) is 4.79 Å². The number of benzene rings is 2. The highest BCUT2D eigenvalue weighted by molar-refractivity contribution is 5.65. The van der Waals surface area contributed by atoms with Gasteiger partial charge in [0.25, 0.3) is 0 Å². The van der Waals surface area contributed by atoms with Gasteiger partial charge in [0.15, 0.2) is 5.75 Å². The van der Waals surface area contributed by atoms with Crippen LogP contribution in [0.4, 0.5) is 10.5 Å². The molecule has 0 aromatic heterocycles.